The molecule has 0 bridgehead atoms. The Morgan fingerprint density at radius 1 is 0.944 bits per heavy atom. The van der Waals surface area contributed by atoms with Crippen LogP contribution in [0.25, 0.3) is 11.0 Å². The number of amides is 1. The van der Waals surface area contributed by atoms with Gasteiger partial charge in [-0.2, -0.15) is 0 Å². The Morgan fingerprint density at radius 3 is 2.44 bits per heavy atom. The second kappa shape index (κ2) is 9.97. The number of hydrogen-bond acceptors (Lipinski definition) is 5. The van der Waals surface area contributed by atoms with Gasteiger partial charge in [-0.15, -0.1) is 0 Å². The van der Waals surface area contributed by atoms with Crippen molar-refractivity contribution in [1.29, 1.82) is 0 Å². The van der Waals surface area contributed by atoms with Crippen LogP contribution in [-0.4, -0.2) is 17.5 Å². The van der Waals surface area contributed by atoms with Crippen molar-refractivity contribution in [2.45, 2.75) is 52.5 Å². The monoisotopic (exact) mass is 482 g/mol. The molecule has 2 aromatic carbocycles. The van der Waals surface area contributed by atoms with Gasteiger partial charge in [0.2, 0.25) is 5.76 Å². The molecule has 1 amide bonds. The number of anilines is 1. The highest BCUT2D eigenvalue weighted by Gasteiger charge is 2.44. The molecule has 1 aliphatic rings. The second-order valence-corrected chi connectivity index (χ2v) is 9.42. The van der Waals surface area contributed by atoms with Crippen molar-refractivity contribution in [1.82, 2.24) is 4.98 Å². The van der Waals surface area contributed by atoms with Gasteiger partial charge in [0.05, 0.1) is 23.6 Å². The van der Waals surface area contributed by atoms with Crippen molar-refractivity contribution < 1.29 is 13.9 Å². The van der Waals surface area contributed by atoms with Crippen molar-refractivity contribution in [2.24, 2.45) is 0 Å². The molecule has 3 heterocycles. The SMILES string of the molecule is CCCCCCOc1ccc(C2c3c(oc4ccc(C)cc4c3=O)C(=O)N2c2ccc(C)cn2)cc1. The zero-order valence-corrected chi connectivity index (χ0v) is 20.9. The maximum Gasteiger partial charge on any atom is 0.296 e. The summed E-state index contributed by atoms with van der Waals surface area (Å²) in [7, 11) is 0. The zero-order chi connectivity index (χ0) is 25.2. The smallest absolute Gasteiger partial charge is 0.296 e. The molecule has 0 saturated carbocycles. The predicted molar refractivity (Wildman–Crippen MR) is 141 cm³/mol. The molecule has 1 aliphatic heterocycles. The van der Waals surface area contributed by atoms with Crippen molar-refractivity contribution in [2.75, 3.05) is 11.5 Å². The summed E-state index contributed by atoms with van der Waals surface area (Å²) >= 11 is 0. The molecule has 6 heteroatoms. The minimum Gasteiger partial charge on any atom is -0.494 e. The molecule has 0 fully saturated rings. The molecule has 184 valence electrons. The average molecular weight is 483 g/mol. The summed E-state index contributed by atoms with van der Waals surface area (Å²) in [4.78, 5) is 33.5. The normalized spacial score (nSPS) is 14.9. The summed E-state index contributed by atoms with van der Waals surface area (Å²) in [5.41, 5.74) is 3.28. The molecule has 0 aliphatic carbocycles. The highest BCUT2D eigenvalue weighted by Crippen LogP contribution is 2.41. The van der Waals surface area contributed by atoms with Crippen LogP contribution in [0.4, 0.5) is 5.82 Å². The van der Waals surface area contributed by atoms with Gasteiger partial charge >= 0.3 is 0 Å². The third-order valence-corrected chi connectivity index (χ3v) is 6.63. The standard InChI is InChI=1S/C30H30N2O4/c1-4-5-6-7-16-35-22-12-10-21(11-13-22)27-26-28(33)23-17-19(2)8-14-24(23)36-29(26)30(34)32(27)25-15-9-20(3)18-31-25/h8-15,17-18,27H,4-7,16H2,1-3H3. The lowest BCUT2D eigenvalue weighted by Crippen LogP contribution is -2.30. The molecule has 1 atom stereocenters. The molecule has 36 heavy (non-hydrogen) atoms. The number of carbonyl (C=O) groups is 1. The molecular weight excluding hydrogens is 452 g/mol. The van der Waals surface area contributed by atoms with Crippen LogP contribution in [0.5, 0.6) is 5.75 Å². The van der Waals surface area contributed by atoms with Gasteiger partial charge in [0.1, 0.15) is 17.2 Å². The Kier molecular flexibility index (Phi) is 6.59. The van der Waals surface area contributed by atoms with Crippen LogP contribution >= 0.6 is 0 Å². The Bertz CT molecular complexity index is 1460. The van der Waals surface area contributed by atoms with Crippen LogP contribution in [0.15, 0.2) is 70.0 Å². The molecule has 6 nitrogen and oxygen atoms in total. The van der Waals surface area contributed by atoms with Gasteiger partial charge in [0.15, 0.2) is 5.43 Å². The number of rotatable bonds is 8. The lowest BCUT2D eigenvalue weighted by atomic mass is 9.98. The first-order valence-electron chi connectivity index (χ1n) is 12.5. The molecular formula is C30H30N2O4. The number of ether oxygens (including phenoxy) is 1. The summed E-state index contributed by atoms with van der Waals surface area (Å²) in [6, 6.07) is 16.1. The molecule has 0 saturated heterocycles. The number of aromatic nitrogens is 1. The average Bonchev–Trinajstić information content (AvgIpc) is 3.18. The minimum atomic E-state index is -0.650. The molecule has 4 aromatic rings. The van der Waals surface area contributed by atoms with Crippen LogP contribution in [0, 0.1) is 13.8 Å². The number of benzene rings is 2. The van der Waals surface area contributed by atoms with E-state index in [9.17, 15) is 9.59 Å². The van der Waals surface area contributed by atoms with Gasteiger partial charge in [0.25, 0.3) is 5.91 Å². The van der Waals surface area contributed by atoms with Crippen molar-refractivity contribution in [3.05, 3.63) is 99.0 Å². The lowest BCUT2D eigenvalue weighted by molar-refractivity contribution is 0.0970. The van der Waals surface area contributed by atoms with Crippen molar-refractivity contribution >= 4 is 22.7 Å². The van der Waals surface area contributed by atoms with Crippen LogP contribution in [0.2, 0.25) is 0 Å². The molecule has 0 spiro atoms. The molecule has 0 radical (unpaired) electrons. The fourth-order valence-corrected chi connectivity index (χ4v) is 4.71. The van der Waals surface area contributed by atoms with E-state index in [2.05, 4.69) is 11.9 Å². The van der Waals surface area contributed by atoms with Crippen LogP contribution in [0.1, 0.15) is 71.5 Å². The summed E-state index contributed by atoms with van der Waals surface area (Å²) in [6.45, 7) is 6.72. The topological polar surface area (TPSA) is 72.6 Å². The van der Waals surface area contributed by atoms with E-state index in [0.29, 0.717) is 29.0 Å². The number of unbranched alkanes of at least 4 members (excludes halogenated alkanes) is 3. The first-order valence-corrected chi connectivity index (χ1v) is 12.5. The number of carbonyl (C=O) groups excluding carboxylic acids is 1. The number of fused-ring (bicyclic) bond motifs is 2. The van der Waals surface area contributed by atoms with E-state index in [4.69, 9.17) is 9.15 Å². The van der Waals surface area contributed by atoms with Gasteiger partial charge in [-0.05, 0) is 61.7 Å². The molecule has 0 N–H and O–H groups in total. The maximum absolute atomic E-state index is 13.7. The minimum absolute atomic E-state index is 0.0694. The fourth-order valence-electron chi connectivity index (χ4n) is 4.71. The van der Waals surface area contributed by atoms with Crippen LogP contribution in [0.3, 0.4) is 0 Å². The van der Waals surface area contributed by atoms with Gasteiger partial charge in [-0.1, -0.05) is 56.0 Å². The lowest BCUT2D eigenvalue weighted by Gasteiger charge is -2.24. The van der Waals surface area contributed by atoms with Gasteiger partial charge in [-0.3, -0.25) is 14.5 Å². The number of pyridine rings is 1. The quantitative estimate of drug-likeness (QED) is 0.268. The van der Waals surface area contributed by atoms with Gasteiger partial charge in [0, 0.05) is 6.20 Å². The summed E-state index contributed by atoms with van der Waals surface area (Å²) in [5.74, 6) is 0.932. The third-order valence-electron chi connectivity index (χ3n) is 6.63. The largest absolute Gasteiger partial charge is 0.494 e. The maximum atomic E-state index is 13.7. The second-order valence-electron chi connectivity index (χ2n) is 9.42. The van der Waals surface area contributed by atoms with E-state index in [1.165, 1.54) is 12.8 Å². The Hall–Kier alpha value is -3.93. The first-order chi connectivity index (χ1) is 17.5. The Morgan fingerprint density at radius 2 is 1.72 bits per heavy atom. The molecule has 1 unspecified atom stereocenters. The summed E-state index contributed by atoms with van der Waals surface area (Å²) < 4.78 is 12.0. The highest BCUT2D eigenvalue weighted by atomic mass is 16.5. The molecule has 5 rings (SSSR count). The predicted octanol–water partition coefficient (Wildman–Crippen LogP) is 6.51. The van der Waals surface area contributed by atoms with E-state index >= 15 is 0 Å². The van der Waals surface area contributed by atoms with Crippen molar-refractivity contribution in [3.8, 4) is 5.75 Å². The van der Waals surface area contributed by atoms with Crippen molar-refractivity contribution in [3.63, 3.8) is 0 Å². The fraction of sp³-hybridized carbons (Fsp3) is 0.300. The van der Waals surface area contributed by atoms with Crippen LogP contribution in [-0.2, 0) is 0 Å². The summed E-state index contributed by atoms with van der Waals surface area (Å²) in [6.07, 6.45) is 6.27. The van der Waals surface area contributed by atoms with E-state index < -0.39 is 6.04 Å². The van der Waals surface area contributed by atoms with Gasteiger partial charge in [-0.25, -0.2) is 4.98 Å². The number of hydrogen-bond donors (Lipinski definition) is 0. The van der Waals surface area contributed by atoms with E-state index in [-0.39, 0.29) is 17.1 Å². The first kappa shape index (κ1) is 23.8. The summed E-state index contributed by atoms with van der Waals surface area (Å²) in [5, 5.41) is 0.470. The van der Waals surface area contributed by atoms with E-state index in [0.717, 1.165) is 35.3 Å². The Labute approximate surface area is 210 Å². The zero-order valence-electron chi connectivity index (χ0n) is 20.9. The Balaban J connectivity index is 1.57. The van der Waals surface area contributed by atoms with E-state index in [1.807, 2.05) is 56.3 Å². The number of aryl methyl sites for hydroxylation is 2. The highest BCUT2D eigenvalue weighted by molar-refractivity contribution is 6.10. The molecule has 2 aromatic heterocycles. The van der Waals surface area contributed by atoms with E-state index in [1.54, 1.807) is 23.2 Å². The van der Waals surface area contributed by atoms with Crippen LogP contribution < -0.4 is 15.1 Å². The number of nitrogens with zero attached hydrogens (tertiary/aromatic N) is 2. The van der Waals surface area contributed by atoms with Gasteiger partial charge < -0.3 is 9.15 Å². The third kappa shape index (κ3) is 4.39.